The summed E-state index contributed by atoms with van der Waals surface area (Å²) in [6.45, 7) is 1.91. The third-order valence-electron chi connectivity index (χ3n) is 3.55. The summed E-state index contributed by atoms with van der Waals surface area (Å²) in [4.78, 5) is 14.3. The maximum Gasteiger partial charge on any atom is 0.255 e. The van der Waals surface area contributed by atoms with Gasteiger partial charge in [-0.15, -0.1) is 0 Å². The van der Waals surface area contributed by atoms with Gasteiger partial charge in [-0.3, -0.25) is 4.79 Å². The van der Waals surface area contributed by atoms with Gasteiger partial charge in [0, 0.05) is 25.5 Å². The fraction of sp³-hybridized carbons (Fsp3) is 0.357. The SMILES string of the molecule is CO[C@@H]1CN(C(=O)c2ccnnc2)Cc2cccn2C1. The van der Waals surface area contributed by atoms with E-state index in [1.165, 1.54) is 12.4 Å². The molecular formula is C14H16N4O2. The molecule has 0 aliphatic carbocycles. The first kappa shape index (κ1) is 12.8. The Kier molecular flexibility index (Phi) is 3.47. The van der Waals surface area contributed by atoms with E-state index in [4.69, 9.17) is 4.74 Å². The quantitative estimate of drug-likeness (QED) is 0.816. The number of fused-ring (bicyclic) bond motifs is 1. The maximum atomic E-state index is 12.5. The highest BCUT2D eigenvalue weighted by atomic mass is 16.5. The summed E-state index contributed by atoms with van der Waals surface area (Å²) in [5.41, 5.74) is 1.66. The predicted octanol–water partition coefficient (Wildman–Crippen LogP) is 0.949. The van der Waals surface area contributed by atoms with Crippen molar-refractivity contribution in [1.29, 1.82) is 0 Å². The number of carbonyl (C=O) groups excluding carboxylic acids is 1. The van der Waals surface area contributed by atoms with Gasteiger partial charge in [-0.2, -0.15) is 10.2 Å². The average Bonchev–Trinajstić information content (AvgIpc) is 2.85. The molecule has 6 nitrogen and oxygen atoms in total. The van der Waals surface area contributed by atoms with Crippen LogP contribution in [0.4, 0.5) is 0 Å². The molecular weight excluding hydrogens is 256 g/mol. The first-order valence-electron chi connectivity index (χ1n) is 6.50. The van der Waals surface area contributed by atoms with Gasteiger partial charge in [-0.1, -0.05) is 0 Å². The molecule has 0 bridgehead atoms. The lowest BCUT2D eigenvalue weighted by molar-refractivity contribution is 0.0458. The molecule has 0 saturated carbocycles. The molecule has 104 valence electrons. The lowest BCUT2D eigenvalue weighted by Crippen LogP contribution is -2.36. The molecule has 0 N–H and O–H groups in total. The highest BCUT2D eigenvalue weighted by Crippen LogP contribution is 2.17. The van der Waals surface area contributed by atoms with Crippen LogP contribution >= 0.6 is 0 Å². The summed E-state index contributed by atoms with van der Waals surface area (Å²) in [6.07, 6.45) is 5.03. The van der Waals surface area contributed by atoms with Gasteiger partial charge in [0.25, 0.3) is 5.91 Å². The Labute approximate surface area is 117 Å². The number of rotatable bonds is 2. The minimum atomic E-state index is -0.0448. The van der Waals surface area contributed by atoms with Gasteiger partial charge in [0.2, 0.25) is 0 Å². The summed E-state index contributed by atoms with van der Waals surface area (Å²) < 4.78 is 7.60. The Morgan fingerprint density at radius 3 is 3.00 bits per heavy atom. The van der Waals surface area contributed by atoms with E-state index in [0.29, 0.717) is 18.7 Å². The van der Waals surface area contributed by atoms with Gasteiger partial charge in [-0.05, 0) is 18.2 Å². The first-order valence-corrected chi connectivity index (χ1v) is 6.50. The summed E-state index contributed by atoms with van der Waals surface area (Å²) in [7, 11) is 1.68. The molecule has 0 unspecified atom stereocenters. The van der Waals surface area contributed by atoms with Gasteiger partial charge in [0.05, 0.1) is 37.2 Å². The molecule has 3 rings (SSSR count). The van der Waals surface area contributed by atoms with Crippen molar-refractivity contribution in [1.82, 2.24) is 19.7 Å². The van der Waals surface area contributed by atoms with Crippen molar-refractivity contribution >= 4 is 5.91 Å². The average molecular weight is 272 g/mol. The predicted molar refractivity (Wildman–Crippen MR) is 72.0 cm³/mol. The Hall–Kier alpha value is -2.21. The van der Waals surface area contributed by atoms with E-state index in [-0.39, 0.29) is 12.0 Å². The number of hydrogen-bond acceptors (Lipinski definition) is 4. The Morgan fingerprint density at radius 2 is 2.25 bits per heavy atom. The van der Waals surface area contributed by atoms with Crippen LogP contribution in [0.15, 0.2) is 36.8 Å². The van der Waals surface area contributed by atoms with Crippen LogP contribution in [0.25, 0.3) is 0 Å². The van der Waals surface area contributed by atoms with E-state index in [1.807, 2.05) is 18.3 Å². The maximum absolute atomic E-state index is 12.5. The van der Waals surface area contributed by atoms with Crippen molar-refractivity contribution in [3.05, 3.63) is 48.0 Å². The fourth-order valence-electron chi connectivity index (χ4n) is 2.46. The van der Waals surface area contributed by atoms with Crippen LogP contribution in [0, 0.1) is 0 Å². The zero-order chi connectivity index (χ0) is 13.9. The van der Waals surface area contributed by atoms with Crippen LogP contribution in [0.2, 0.25) is 0 Å². The smallest absolute Gasteiger partial charge is 0.255 e. The molecule has 0 fully saturated rings. The molecule has 3 heterocycles. The summed E-state index contributed by atoms with van der Waals surface area (Å²) in [6, 6.07) is 5.70. The number of carbonyl (C=O) groups is 1. The third kappa shape index (κ3) is 2.42. The molecule has 1 aliphatic heterocycles. The second-order valence-corrected chi connectivity index (χ2v) is 4.83. The van der Waals surface area contributed by atoms with E-state index in [1.54, 1.807) is 18.1 Å². The first-order chi connectivity index (χ1) is 9.78. The fourth-order valence-corrected chi connectivity index (χ4v) is 2.46. The normalized spacial score (nSPS) is 18.4. The molecule has 0 saturated heterocycles. The zero-order valence-corrected chi connectivity index (χ0v) is 11.3. The minimum Gasteiger partial charge on any atom is -0.378 e. The highest BCUT2D eigenvalue weighted by Gasteiger charge is 2.25. The van der Waals surface area contributed by atoms with Crippen LogP contribution < -0.4 is 0 Å². The molecule has 2 aromatic rings. The number of ether oxygens (including phenoxy) is 1. The van der Waals surface area contributed by atoms with Crippen LogP contribution in [0.1, 0.15) is 16.1 Å². The standard InChI is InChI=1S/C14H16N4O2/c1-20-13-9-17-6-2-3-12(17)8-18(10-13)14(19)11-4-5-15-16-7-11/h2-7,13H,8-10H2,1H3/t13-/m0/s1. The molecule has 1 amide bonds. The second kappa shape index (κ2) is 5.42. The summed E-state index contributed by atoms with van der Waals surface area (Å²) in [5.74, 6) is -0.0448. The monoisotopic (exact) mass is 272 g/mol. The van der Waals surface area contributed by atoms with Crippen LogP contribution in [-0.4, -0.2) is 45.3 Å². The van der Waals surface area contributed by atoms with E-state index in [0.717, 1.165) is 12.2 Å². The summed E-state index contributed by atoms with van der Waals surface area (Å²) >= 11 is 0. The molecule has 1 aliphatic rings. The Morgan fingerprint density at radius 1 is 1.35 bits per heavy atom. The van der Waals surface area contributed by atoms with Crippen molar-refractivity contribution in [2.24, 2.45) is 0 Å². The van der Waals surface area contributed by atoms with Gasteiger partial charge in [-0.25, -0.2) is 0 Å². The van der Waals surface area contributed by atoms with E-state index in [2.05, 4.69) is 14.8 Å². The molecule has 1 atom stereocenters. The lowest BCUT2D eigenvalue weighted by atomic mass is 10.2. The molecule has 20 heavy (non-hydrogen) atoms. The number of nitrogens with zero attached hydrogens (tertiary/aromatic N) is 4. The largest absolute Gasteiger partial charge is 0.378 e. The molecule has 0 spiro atoms. The molecule has 0 aromatic carbocycles. The number of hydrogen-bond donors (Lipinski definition) is 0. The van der Waals surface area contributed by atoms with Gasteiger partial charge < -0.3 is 14.2 Å². The molecule has 6 heteroatoms. The van der Waals surface area contributed by atoms with Crippen molar-refractivity contribution in [3.63, 3.8) is 0 Å². The van der Waals surface area contributed by atoms with Crippen molar-refractivity contribution in [2.75, 3.05) is 13.7 Å². The number of methoxy groups -OCH3 is 1. The van der Waals surface area contributed by atoms with Gasteiger partial charge in [0.1, 0.15) is 0 Å². The second-order valence-electron chi connectivity index (χ2n) is 4.83. The topological polar surface area (TPSA) is 60.2 Å². The summed E-state index contributed by atoms with van der Waals surface area (Å²) in [5, 5.41) is 7.46. The van der Waals surface area contributed by atoms with Crippen molar-refractivity contribution in [2.45, 2.75) is 19.2 Å². The van der Waals surface area contributed by atoms with Crippen molar-refractivity contribution in [3.8, 4) is 0 Å². The highest BCUT2D eigenvalue weighted by molar-refractivity contribution is 5.93. The van der Waals surface area contributed by atoms with E-state index >= 15 is 0 Å². The lowest BCUT2D eigenvalue weighted by Gasteiger charge is -2.23. The Balaban J connectivity index is 1.87. The third-order valence-corrected chi connectivity index (χ3v) is 3.55. The van der Waals surface area contributed by atoms with E-state index in [9.17, 15) is 4.79 Å². The van der Waals surface area contributed by atoms with Crippen LogP contribution in [0.5, 0.6) is 0 Å². The van der Waals surface area contributed by atoms with Crippen LogP contribution in [-0.2, 0) is 17.8 Å². The molecule has 0 radical (unpaired) electrons. The van der Waals surface area contributed by atoms with E-state index < -0.39 is 0 Å². The van der Waals surface area contributed by atoms with Crippen LogP contribution in [0.3, 0.4) is 0 Å². The van der Waals surface area contributed by atoms with Gasteiger partial charge in [0.15, 0.2) is 0 Å². The minimum absolute atomic E-state index is 0.0117. The number of aromatic nitrogens is 3. The van der Waals surface area contributed by atoms with Crippen molar-refractivity contribution < 1.29 is 9.53 Å². The Bertz CT molecular complexity index is 596. The number of amides is 1. The zero-order valence-electron chi connectivity index (χ0n) is 11.3. The van der Waals surface area contributed by atoms with Gasteiger partial charge >= 0.3 is 0 Å². The molecule has 2 aromatic heterocycles.